The van der Waals surface area contributed by atoms with Gasteiger partial charge in [0.15, 0.2) is 5.78 Å². The molecule has 2 rings (SSSR count). The highest BCUT2D eigenvalue weighted by molar-refractivity contribution is 6.13. The van der Waals surface area contributed by atoms with Crippen LogP contribution in [0.15, 0.2) is 33.9 Å². The van der Waals surface area contributed by atoms with Crippen LogP contribution in [0.2, 0.25) is 0 Å². The first kappa shape index (κ1) is 11.1. The molecule has 0 aliphatic rings. The summed E-state index contributed by atoms with van der Waals surface area (Å²) in [5.74, 6) is 0.0641. The van der Waals surface area contributed by atoms with E-state index in [-0.39, 0.29) is 11.3 Å². The van der Waals surface area contributed by atoms with Crippen LogP contribution in [0, 0.1) is 0 Å². The lowest BCUT2D eigenvalue weighted by atomic mass is 9.98. The quantitative estimate of drug-likeness (QED) is 0.598. The van der Waals surface area contributed by atoms with E-state index in [1.165, 1.54) is 19.2 Å². The molecule has 0 saturated carbocycles. The van der Waals surface area contributed by atoms with Crippen LogP contribution >= 0.6 is 0 Å². The Kier molecular flexibility index (Phi) is 2.51. The Morgan fingerprint density at radius 3 is 2.18 bits per heavy atom. The minimum atomic E-state index is -0.816. The van der Waals surface area contributed by atoms with Crippen LogP contribution in [0.4, 0.5) is 5.69 Å². The molecular weight excluding hydrogens is 222 g/mol. The molecule has 0 saturated heterocycles. The first-order valence-electron chi connectivity index (χ1n) is 4.83. The lowest BCUT2D eigenvalue weighted by Gasteiger charge is -2.06. The number of carbonyl (C=O) groups is 1. The summed E-state index contributed by atoms with van der Waals surface area (Å²) >= 11 is 0. The number of anilines is 1. The van der Waals surface area contributed by atoms with Gasteiger partial charge in [0.1, 0.15) is 11.3 Å². The molecule has 0 spiro atoms. The Bertz CT molecular complexity index is 648. The molecule has 0 aliphatic heterocycles. The van der Waals surface area contributed by atoms with Gasteiger partial charge in [0, 0.05) is 5.56 Å². The van der Waals surface area contributed by atoms with Gasteiger partial charge in [-0.05, 0) is 24.3 Å². The van der Waals surface area contributed by atoms with Crippen LogP contribution in [-0.4, -0.2) is 12.9 Å². The second kappa shape index (κ2) is 3.86. The van der Waals surface area contributed by atoms with E-state index >= 15 is 0 Å². The molecule has 0 atom stereocenters. The summed E-state index contributed by atoms with van der Waals surface area (Å²) in [5.41, 5.74) is 3.53. The number of nitrogen functional groups attached to an aromatic ring is 1. The lowest BCUT2D eigenvalue weighted by molar-refractivity contribution is 0.103. The van der Waals surface area contributed by atoms with Crippen molar-refractivity contribution in [3.8, 4) is 5.75 Å². The zero-order valence-electron chi connectivity index (χ0n) is 9.02. The average Bonchev–Trinajstić information content (AvgIpc) is 2.38. The Balaban J connectivity index is 2.39. The van der Waals surface area contributed by atoms with Gasteiger partial charge < -0.3 is 10.5 Å². The molecule has 2 aromatic rings. The number of ether oxygens (including phenoxy) is 1. The van der Waals surface area contributed by atoms with Gasteiger partial charge in [-0.1, -0.05) is 0 Å². The monoisotopic (exact) mass is 231 g/mol. The van der Waals surface area contributed by atoms with E-state index in [1.54, 1.807) is 12.1 Å². The molecule has 2 N–H and O–H groups in total. The molecule has 0 radical (unpaired) electrons. The maximum atomic E-state index is 11.8. The Hall–Kier alpha value is -2.43. The fourth-order valence-corrected chi connectivity index (χ4v) is 1.52. The molecule has 0 heterocycles. The molecule has 5 nitrogen and oxygen atoms in total. The highest BCUT2D eigenvalue weighted by Gasteiger charge is 2.25. The summed E-state index contributed by atoms with van der Waals surface area (Å²) in [5, 5.41) is 0. The molecule has 2 aromatic carbocycles. The van der Waals surface area contributed by atoms with Gasteiger partial charge in [-0.2, -0.15) is 0 Å². The first-order valence-corrected chi connectivity index (χ1v) is 4.83. The van der Waals surface area contributed by atoms with E-state index < -0.39 is 16.6 Å². The number of hydrogen-bond acceptors (Lipinski definition) is 5. The van der Waals surface area contributed by atoms with Crippen LogP contribution in [0.1, 0.15) is 15.9 Å². The molecule has 17 heavy (non-hydrogen) atoms. The van der Waals surface area contributed by atoms with Crippen LogP contribution in [0.3, 0.4) is 0 Å². The van der Waals surface area contributed by atoms with Crippen LogP contribution in [0.25, 0.3) is 0 Å². The molecule has 0 bridgehead atoms. The molecule has 86 valence electrons. The fraction of sp³-hybridized carbons (Fsp3) is 0.0833. The zero-order valence-corrected chi connectivity index (χ0v) is 9.02. The van der Waals surface area contributed by atoms with Gasteiger partial charge >= 0.3 is 0 Å². The molecule has 0 fully saturated rings. The van der Waals surface area contributed by atoms with Gasteiger partial charge in [-0.3, -0.25) is 14.4 Å². The van der Waals surface area contributed by atoms with E-state index in [2.05, 4.69) is 0 Å². The average molecular weight is 231 g/mol. The number of ketones is 1. The van der Waals surface area contributed by atoms with E-state index in [4.69, 9.17) is 10.5 Å². The zero-order chi connectivity index (χ0) is 12.6. The normalized spacial score (nSPS) is 10.4. The van der Waals surface area contributed by atoms with E-state index in [0.717, 1.165) is 0 Å². The van der Waals surface area contributed by atoms with Crippen LogP contribution in [-0.2, 0) is 0 Å². The predicted molar refractivity (Wildman–Crippen MR) is 62.2 cm³/mol. The van der Waals surface area contributed by atoms with Gasteiger partial charge in [-0.15, -0.1) is 0 Å². The number of hydrogen-bond donors (Lipinski definition) is 1. The van der Waals surface area contributed by atoms with Crippen molar-refractivity contribution in [1.29, 1.82) is 0 Å². The summed E-state index contributed by atoms with van der Waals surface area (Å²) in [6.45, 7) is 0. The fourth-order valence-electron chi connectivity index (χ4n) is 1.52. The number of benzene rings is 1. The van der Waals surface area contributed by atoms with Gasteiger partial charge in [0.2, 0.25) is 10.9 Å². The minimum Gasteiger partial charge on any atom is -0.497 e. The smallest absolute Gasteiger partial charge is 0.250 e. The summed E-state index contributed by atoms with van der Waals surface area (Å²) in [7, 11) is 1.51. The molecule has 0 aliphatic carbocycles. The maximum absolute atomic E-state index is 11.8. The highest BCUT2D eigenvalue weighted by Crippen LogP contribution is 2.15. The number of carbonyl (C=O) groups excluding carboxylic acids is 1. The summed E-state index contributed by atoms with van der Waals surface area (Å²) < 4.78 is 4.94. The Labute approximate surface area is 96.1 Å². The SMILES string of the molecule is COc1ccc(C(=O)c2c(N)c(=O)c2=O)cc1. The predicted octanol–water partition coefficient (Wildman–Crippen LogP) is 0.104. The second-order valence-electron chi connectivity index (χ2n) is 3.50. The minimum absolute atomic E-state index is 0.222. The first-order chi connectivity index (χ1) is 8.06. The van der Waals surface area contributed by atoms with Crippen LogP contribution < -0.4 is 21.3 Å². The number of rotatable bonds is 3. The van der Waals surface area contributed by atoms with Crippen molar-refractivity contribution >= 4 is 11.5 Å². The van der Waals surface area contributed by atoms with Crippen molar-refractivity contribution in [2.45, 2.75) is 0 Å². The van der Waals surface area contributed by atoms with Gasteiger partial charge in [0.05, 0.1) is 12.8 Å². The molecule has 0 amide bonds. The van der Waals surface area contributed by atoms with E-state index in [0.29, 0.717) is 11.3 Å². The van der Waals surface area contributed by atoms with Crippen LogP contribution in [0.5, 0.6) is 5.75 Å². The van der Waals surface area contributed by atoms with Gasteiger partial charge in [0.25, 0.3) is 0 Å². The number of nitrogens with two attached hydrogens (primary N) is 1. The molecule has 5 heteroatoms. The molecule has 0 aromatic heterocycles. The maximum Gasteiger partial charge on any atom is 0.250 e. The van der Waals surface area contributed by atoms with Crippen molar-refractivity contribution < 1.29 is 9.53 Å². The topological polar surface area (TPSA) is 86.5 Å². The van der Waals surface area contributed by atoms with Crippen molar-refractivity contribution in [2.24, 2.45) is 0 Å². The molecule has 0 unspecified atom stereocenters. The van der Waals surface area contributed by atoms with E-state index in [9.17, 15) is 14.4 Å². The lowest BCUT2D eigenvalue weighted by Crippen LogP contribution is -2.40. The number of methoxy groups -OCH3 is 1. The highest BCUT2D eigenvalue weighted by atomic mass is 16.5. The van der Waals surface area contributed by atoms with Crippen molar-refractivity contribution in [1.82, 2.24) is 0 Å². The summed E-state index contributed by atoms with van der Waals surface area (Å²) in [6, 6.07) is 6.21. The van der Waals surface area contributed by atoms with E-state index in [1.807, 2.05) is 0 Å². The second-order valence-corrected chi connectivity index (χ2v) is 3.50. The Morgan fingerprint density at radius 2 is 1.71 bits per heavy atom. The third-order valence-electron chi connectivity index (χ3n) is 2.53. The summed E-state index contributed by atoms with van der Waals surface area (Å²) in [6.07, 6.45) is 0. The largest absolute Gasteiger partial charge is 0.497 e. The third kappa shape index (κ3) is 1.61. The Morgan fingerprint density at radius 1 is 1.12 bits per heavy atom. The third-order valence-corrected chi connectivity index (χ3v) is 2.53. The van der Waals surface area contributed by atoms with Gasteiger partial charge in [-0.25, -0.2) is 0 Å². The van der Waals surface area contributed by atoms with Crippen molar-refractivity contribution in [3.05, 3.63) is 55.8 Å². The van der Waals surface area contributed by atoms with Crippen molar-refractivity contribution in [2.75, 3.05) is 12.8 Å². The molecular formula is C12H9NO4. The summed E-state index contributed by atoms with van der Waals surface area (Å²) in [4.78, 5) is 33.9. The standard InChI is InChI=1S/C12H9NO4/c1-17-7-4-2-6(3-5-7)10(14)8-9(13)12(16)11(8)15/h2-5H,13H2,1H3. The van der Waals surface area contributed by atoms with Crippen molar-refractivity contribution in [3.63, 3.8) is 0 Å².